The van der Waals surface area contributed by atoms with Crippen LogP contribution in [0.5, 0.6) is 0 Å². The molecule has 30 heavy (non-hydrogen) atoms. The van der Waals surface area contributed by atoms with Gasteiger partial charge in [-0.15, -0.1) is 11.8 Å². The highest BCUT2D eigenvalue weighted by Gasteiger charge is 2.27. The van der Waals surface area contributed by atoms with Gasteiger partial charge in [0, 0.05) is 23.4 Å². The molecule has 0 saturated heterocycles. The van der Waals surface area contributed by atoms with Gasteiger partial charge < -0.3 is 10.2 Å². The Morgan fingerprint density at radius 3 is 2.43 bits per heavy atom. The van der Waals surface area contributed by atoms with E-state index in [4.69, 9.17) is 11.6 Å². The van der Waals surface area contributed by atoms with Crippen LogP contribution in [-0.4, -0.2) is 34.6 Å². The zero-order chi connectivity index (χ0) is 22.1. The van der Waals surface area contributed by atoms with E-state index in [2.05, 4.69) is 5.32 Å². The Morgan fingerprint density at radius 1 is 1.13 bits per heavy atom. The Morgan fingerprint density at radius 2 is 1.80 bits per heavy atom. The Bertz CT molecular complexity index is 847. The minimum atomic E-state index is -0.630. The second-order valence-electron chi connectivity index (χ2n) is 7.23. The van der Waals surface area contributed by atoms with E-state index in [1.165, 1.54) is 23.9 Å². The van der Waals surface area contributed by atoms with E-state index in [1.54, 1.807) is 30.0 Å². The third-order valence-electron chi connectivity index (χ3n) is 4.87. The number of hydrogen-bond acceptors (Lipinski definition) is 3. The molecule has 4 nitrogen and oxygen atoms in total. The maximum atomic E-state index is 13.0. The van der Waals surface area contributed by atoms with Crippen molar-refractivity contribution in [1.82, 2.24) is 10.2 Å². The van der Waals surface area contributed by atoms with Gasteiger partial charge in [-0.3, -0.25) is 9.59 Å². The number of benzene rings is 2. The molecule has 7 heteroatoms. The largest absolute Gasteiger partial charge is 0.352 e. The molecule has 0 fully saturated rings. The lowest BCUT2D eigenvalue weighted by molar-refractivity contribution is -0.138. The molecular weight excluding hydrogens is 423 g/mol. The summed E-state index contributed by atoms with van der Waals surface area (Å²) < 4.78 is 13.0. The fourth-order valence-corrected chi connectivity index (χ4v) is 3.84. The molecule has 0 aliphatic carbocycles. The van der Waals surface area contributed by atoms with E-state index in [-0.39, 0.29) is 36.0 Å². The minimum absolute atomic E-state index is 0.0325. The first kappa shape index (κ1) is 24.2. The van der Waals surface area contributed by atoms with Gasteiger partial charge in [0.1, 0.15) is 11.9 Å². The van der Waals surface area contributed by atoms with E-state index in [0.29, 0.717) is 10.8 Å². The molecule has 0 radical (unpaired) electrons. The summed E-state index contributed by atoms with van der Waals surface area (Å²) in [7, 11) is 0. The molecule has 2 aromatic carbocycles. The highest BCUT2D eigenvalue weighted by atomic mass is 35.5. The summed E-state index contributed by atoms with van der Waals surface area (Å²) in [5.74, 6) is 0.177. The highest BCUT2D eigenvalue weighted by Crippen LogP contribution is 2.20. The molecule has 0 saturated carbocycles. The summed E-state index contributed by atoms with van der Waals surface area (Å²) in [5.41, 5.74) is 1.73. The number of nitrogens with one attached hydrogen (secondary N) is 1. The van der Waals surface area contributed by atoms with Gasteiger partial charge in [-0.25, -0.2) is 4.39 Å². The Hall–Kier alpha value is -2.05. The zero-order valence-corrected chi connectivity index (χ0v) is 19.1. The third-order valence-corrected chi connectivity index (χ3v) is 6.23. The maximum absolute atomic E-state index is 13.0. The summed E-state index contributed by atoms with van der Waals surface area (Å²) in [6.07, 6.45) is 0.810. The second kappa shape index (κ2) is 12.0. The molecule has 2 amide bonds. The van der Waals surface area contributed by atoms with Gasteiger partial charge in [-0.05, 0) is 49.6 Å². The van der Waals surface area contributed by atoms with Crippen molar-refractivity contribution in [2.45, 2.75) is 51.6 Å². The van der Waals surface area contributed by atoms with Crippen molar-refractivity contribution in [2.75, 3.05) is 5.75 Å². The van der Waals surface area contributed by atoms with Gasteiger partial charge in [0.05, 0.1) is 5.75 Å². The van der Waals surface area contributed by atoms with Crippen LogP contribution in [-0.2, 0) is 21.9 Å². The summed E-state index contributed by atoms with van der Waals surface area (Å²) in [6, 6.07) is 12.9. The van der Waals surface area contributed by atoms with Crippen LogP contribution in [0.2, 0.25) is 5.02 Å². The molecular formula is C23H28ClFN2O2S. The van der Waals surface area contributed by atoms with E-state index in [0.717, 1.165) is 17.5 Å². The first-order valence-corrected chi connectivity index (χ1v) is 11.5. The number of thioether (sulfide) groups is 1. The average molecular weight is 451 g/mol. The lowest BCUT2D eigenvalue weighted by Crippen LogP contribution is -2.50. The van der Waals surface area contributed by atoms with Crippen LogP contribution in [0.3, 0.4) is 0 Å². The molecule has 162 valence electrons. The van der Waals surface area contributed by atoms with Gasteiger partial charge in [-0.2, -0.15) is 0 Å². The number of carbonyl (C=O) groups is 2. The van der Waals surface area contributed by atoms with Gasteiger partial charge in [0.25, 0.3) is 0 Å². The van der Waals surface area contributed by atoms with Crippen LogP contribution in [0.4, 0.5) is 4.39 Å². The highest BCUT2D eigenvalue weighted by molar-refractivity contribution is 7.99. The van der Waals surface area contributed by atoms with E-state index in [1.807, 2.05) is 32.0 Å². The number of hydrogen-bond donors (Lipinski definition) is 1. The van der Waals surface area contributed by atoms with Gasteiger partial charge in [-0.1, -0.05) is 48.9 Å². The summed E-state index contributed by atoms with van der Waals surface area (Å²) >= 11 is 7.72. The standard InChI is InChI=1S/C23H28ClFN2O2S/c1-4-16(2)26-23(29)17(3)27(13-19-7-5-6-8-21(19)24)22(28)15-30-14-18-9-11-20(25)12-10-18/h5-12,16-17H,4,13-15H2,1-3H3,(H,26,29)/t16-,17+/m0/s1. The minimum Gasteiger partial charge on any atom is -0.352 e. The van der Waals surface area contributed by atoms with E-state index in [9.17, 15) is 14.0 Å². The number of nitrogens with zero attached hydrogens (tertiary/aromatic N) is 1. The first-order valence-electron chi connectivity index (χ1n) is 9.97. The van der Waals surface area contributed by atoms with Crippen molar-refractivity contribution >= 4 is 35.2 Å². The maximum Gasteiger partial charge on any atom is 0.242 e. The molecule has 0 bridgehead atoms. The molecule has 0 aromatic heterocycles. The lowest BCUT2D eigenvalue weighted by atomic mass is 10.1. The van der Waals surface area contributed by atoms with Crippen LogP contribution in [0.15, 0.2) is 48.5 Å². The fraction of sp³-hybridized carbons (Fsp3) is 0.391. The van der Waals surface area contributed by atoms with Gasteiger partial charge in [0.15, 0.2) is 0 Å². The molecule has 2 atom stereocenters. The third kappa shape index (κ3) is 7.33. The number of halogens is 2. The molecule has 0 aliphatic rings. The van der Waals surface area contributed by atoms with Crippen molar-refractivity contribution in [3.63, 3.8) is 0 Å². The predicted octanol–water partition coefficient (Wildman–Crippen LogP) is 5.04. The molecule has 0 spiro atoms. The zero-order valence-electron chi connectivity index (χ0n) is 17.5. The van der Waals surface area contributed by atoms with E-state index >= 15 is 0 Å². The van der Waals surface area contributed by atoms with Crippen molar-refractivity contribution in [3.8, 4) is 0 Å². The quantitative estimate of drug-likeness (QED) is 0.551. The molecule has 0 aliphatic heterocycles. The lowest BCUT2D eigenvalue weighted by Gasteiger charge is -2.30. The van der Waals surface area contributed by atoms with Crippen LogP contribution in [0.25, 0.3) is 0 Å². The van der Waals surface area contributed by atoms with E-state index < -0.39 is 6.04 Å². The summed E-state index contributed by atoms with van der Waals surface area (Å²) in [4.78, 5) is 27.3. The van der Waals surface area contributed by atoms with Crippen LogP contribution >= 0.6 is 23.4 Å². The van der Waals surface area contributed by atoms with Crippen LogP contribution in [0, 0.1) is 5.82 Å². The number of carbonyl (C=O) groups excluding carboxylic acids is 2. The summed E-state index contributed by atoms with van der Waals surface area (Å²) in [6.45, 7) is 5.92. The Labute approximate surface area is 187 Å². The number of rotatable bonds is 10. The SMILES string of the molecule is CC[C@H](C)NC(=O)[C@@H](C)N(Cc1ccccc1Cl)C(=O)CSCc1ccc(F)cc1. The molecule has 2 rings (SSSR count). The topological polar surface area (TPSA) is 49.4 Å². The molecule has 0 heterocycles. The normalized spacial score (nSPS) is 12.8. The van der Waals surface area contributed by atoms with Crippen LogP contribution < -0.4 is 5.32 Å². The summed E-state index contributed by atoms with van der Waals surface area (Å²) in [5, 5.41) is 3.50. The molecule has 2 aromatic rings. The Kier molecular flexibility index (Phi) is 9.66. The smallest absolute Gasteiger partial charge is 0.242 e. The second-order valence-corrected chi connectivity index (χ2v) is 8.62. The molecule has 0 unspecified atom stereocenters. The fourth-order valence-electron chi connectivity index (χ4n) is 2.78. The predicted molar refractivity (Wildman–Crippen MR) is 122 cm³/mol. The van der Waals surface area contributed by atoms with Crippen molar-refractivity contribution < 1.29 is 14.0 Å². The Balaban J connectivity index is 2.08. The van der Waals surface area contributed by atoms with Crippen molar-refractivity contribution in [3.05, 3.63) is 70.5 Å². The number of amides is 2. The van der Waals surface area contributed by atoms with Gasteiger partial charge in [0.2, 0.25) is 11.8 Å². The van der Waals surface area contributed by atoms with Crippen molar-refractivity contribution in [1.29, 1.82) is 0 Å². The van der Waals surface area contributed by atoms with Crippen LogP contribution in [0.1, 0.15) is 38.3 Å². The average Bonchev–Trinajstić information content (AvgIpc) is 2.73. The monoisotopic (exact) mass is 450 g/mol. The molecule has 1 N–H and O–H groups in total. The van der Waals surface area contributed by atoms with Crippen molar-refractivity contribution in [2.24, 2.45) is 0 Å². The first-order chi connectivity index (χ1) is 14.3. The van der Waals surface area contributed by atoms with Gasteiger partial charge >= 0.3 is 0 Å².